The molecule has 4 nitrogen and oxygen atoms in total. The van der Waals surface area contributed by atoms with Crippen molar-refractivity contribution in [3.05, 3.63) is 24.3 Å². The van der Waals surface area contributed by atoms with E-state index in [0.717, 1.165) is 12.8 Å². The molecular formula is C20H36O4Zn. The summed E-state index contributed by atoms with van der Waals surface area (Å²) in [6, 6.07) is 0. The summed E-state index contributed by atoms with van der Waals surface area (Å²) in [5.74, 6) is -1.43. The third kappa shape index (κ3) is 35.1. The molecule has 0 atom stereocenters. The van der Waals surface area contributed by atoms with Gasteiger partial charge in [-0.3, -0.25) is 9.59 Å². The van der Waals surface area contributed by atoms with Crippen LogP contribution in [0.2, 0.25) is 0 Å². The smallest absolute Gasteiger partial charge is 0.303 e. The van der Waals surface area contributed by atoms with Crippen molar-refractivity contribution in [2.45, 2.75) is 90.9 Å². The van der Waals surface area contributed by atoms with E-state index in [1.807, 2.05) is 12.2 Å². The summed E-state index contributed by atoms with van der Waals surface area (Å²) < 4.78 is 0. The third-order valence-corrected chi connectivity index (χ3v) is 3.33. The van der Waals surface area contributed by atoms with E-state index in [9.17, 15) is 9.59 Å². The molecule has 0 fully saturated rings. The van der Waals surface area contributed by atoms with E-state index in [4.69, 9.17) is 10.2 Å². The topological polar surface area (TPSA) is 74.6 Å². The first-order valence-electron chi connectivity index (χ1n) is 9.28. The average Bonchev–Trinajstić information content (AvgIpc) is 2.53. The quantitative estimate of drug-likeness (QED) is 0.212. The van der Waals surface area contributed by atoms with Crippen LogP contribution in [0.1, 0.15) is 90.9 Å². The minimum absolute atomic E-state index is 0. The van der Waals surface area contributed by atoms with Gasteiger partial charge < -0.3 is 10.2 Å². The van der Waals surface area contributed by atoms with E-state index in [1.54, 1.807) is 0 Å². The van der Waals surface area contributed by atoms with Gasteiger partial charge in [0.05, 0.1) is 0 Å². The van der Waals surface area contributed by atoms with Crippen molar-refractivity contribution < 1.29 is 39.3 Å². The van der Waals surface area contributed by atoms with Gasteiger partial charge in [0.1, 0.15) is 0 Å². The summed E-state index contributed by atoms with van der Waals surface area (Å²) in [6.45, 7) is 4.35. The van der Waals surface area contributed by atoms with Gasteiger partial charge >= 0.3 is 11.9 Å². The van der Waals surface area contributed by atoms with Gasteiger partial charge in [0.25, 0.3) is 0 Å². The fraction of sp³-hybridized carbons (Fsp3) is 0.700. The van der Waals surface area contributed by atoms with E-state index in [0.29, 0.717) is 12.8 Å². The Morgan fingerprint density at radius 1 is 0.640 bits per heavy atom. The summed E-state index contributed by atoms with van der Waals surface area (Å²) in [7, 11) is 0. The minimum atomic E-state index is -0.715. The molecule has 142 valence electrons. The molecule has 0 aliphatic heterocycles. The molecule has 0 bridgehead atoms. The standard InChI is InChI=1S/2C10H18O2.Zn/c2*1-2-3-4-5-6-7-8-9-10(11)12;/h2*6-7H,2-5,8-9H2,1H3,(H,11,12);. The summed E-state index contributed by atoms with van der Waals surface area (Å²) in [5, 5.41) is 16.6. The Morgan fingerprint density at radius 2 is 0.960 bits per heavy atom. The number of hydrogen-bond donors (Lipinski definition) is 2. The molecule has 0 aliphatic carbocycles. The molecule has 2 N–H and O–H groups in total. The van der Waals surface area contributed by atoms with Gasteiger partial charge in [-0.05, 0) is 38.5 Å². The van der Waals surface area contributed by atoms with E-state index in [2.05, 4.69) is 26.0 Å². The molecule has 0 radical (unpaired) electrons. The van der Waals surface area contributed by atoms with Gasteiger partial charge in [0.2, 0.25) is 0 Å². The zero-order valence-electron chi connectivity index (χ0n) is 16.2. The molecule has 0 spiro atoms. The van der Waals surface area contributed by atoms with Crippen LogP contribution in [-0.2, 0) is 29.1 Å². The van der Waals surface area contributed by atoms with Crippen molar-refractivity contribution in [2.24, 2.45) is 0 Å². The second kappa shape index (κ2) is 25.3. The first-order valence-corrected chi connectivity index (χ1v) is 9.28. The van der Waals surface area contributed by atoms with Crippen LogP contribution in [-0.4, -0.2) is 22.2 Å². The molecule has 5 heteroatoms. The van der Waals surface area contributed by atoms with Crippen LogP contribution in [0.4, 0.5) is 0 Å². The van der Waals surface area contributed by atoms with E-state index < -0.39 is 11.9 Å². The summed E-state index contributed by atoms with van der Waals surface area (Å²) >= 11 is 0. The van der Waals surface area contributed by atoms with Crippen molar-refractivity contribution in [1.29, 1.82) is 0 Å². The molecule has 25 heavy (non-hydrogen) atoms. The van der Waals surface area contributed by atoms with Crippen LogP contribution < -0.4 is 0 Å². The van der Waals surface area contributed by atoms with Gasteiger partial charge in [-0.25, -0.2) is 0 Å². The number of hydrogen-bond acceptors (Lipinski definition) is 2. The Hall–Kier alpha value is -0.957. The van der Waals surface area contributed by atoms with E-state index >= 15 is 0 Å². The van der Waals surface area contributed by atoms with Crippen LogP contribution >= 0.6 is 0 Å². The maximum absolute atomic E-state index is 10.1. The Kier molecular flexibility index (Phi) is 29.2. The Bertz CT molecular complexity index is 318. The summed E-state index contributed by atoms with van der Waals surface area (Å²) in [5.41, 5.74) is 0. The van der Waals surface area contributed by atoms with Crippen molar-refractivity contribution in [3.63, 3.8) is 0 Å². The zero-order chi connectivity index (χ0) is 18.5. The summed E-state index contributed by atoms with van der Waals surface area (Å²) in [6.07, 6.45) is 19.6. The SMILES string of the molecule is CCCCCC=CCCC(=O)O.CCCCCC=CCCC(=O)O.[Zn]. The van der Waals surface area contributed by atoms with Gasteiger partial charge in [-0.1, -0.05) is 63.8 Å². The van der Waals surface area contributed by atoms with Gasteiger partial charge in [0.15, 0.2) is 0 Å². The molecule has 0 aromatic carbocycles. The molecule has 0 amide bonds. The monoisotopic (exact) mass is 404 g/mol. The van der Waals surface area contributed by atoms with Crippen molar-refractivity contribution >= 4 is 11.9 Å². The van der Waals surface area contributed by atoms with Gasteiger partial charge in [-0.2, -0.15) is 0 Å². The number of allylic oxidation sites excluding steroid dienone is 4. The molecule has 0 aromatic rings. The van der Waals surface area contributed by atoms with Crippen molar-refractivity contribution in [2.75, 3.05) is 0 Å². The fourth-order valence-electron chi connectivity index (χ4n) is 1.91. The van der Waals surface area contributed by atoms with Crippen LogP contribution in [0.15, 0.2) is 24.3 Å². The second-order valence-electron chi connectivity index (χ2n) is 5.80. The van der Waals surface area contributed by atoms with Crippen LogP contribution in [0.3, 0.4) is 0 Å². The van der Waals surface area contributed by atoms with Crippen LogP contribution in [0, 0.1) is 0 Å². The second-order valence-corrected chi connectivity index (χ2v) is 5.80. The molecule has 0 rings (SSSR count). The van der Waals surface area contributed by atoms with Crippen LogP contribution in [0.25, 0.3) is 0 Å². The Balaban J connectivity index is -0.000000372. The summed E-state index contributed by atoms with van der Waals surface area (Å²) in [4.78, 5) is 20.2. The largest absolute Gasteiger partial charge is 0.481 e. The molecule has 0 unspecified atom stereocenters. The van der Waals surface area contributed by atoms with E-state index in [1.165, 1.54) is 38.5 Å². The van der Waals surface area contributed by atoms with Crippen molar-refractivity contribution in [3.8, 4) is 0 Å². The predicted octanol–water partition coefficient (Wildman–Crippen LogP) is 5.97. The van der Waals surface area contributed by atoms with Gasteiger partial charge in [0, 0.05) is 32.3 Å². The normalized spacial score (nSPS) is 10.3. The maximum atomic E-state index is 10.1. The zero-order valence-corrected chi connectivity index (χ0v) is 19.2. The minimum Gasteiger partial charge on any atom is -0.481 e. The first-order chi connectivity index (χ1) is 11.5. The Labute approximate surface area is 166 Å². The molecule has 0 saturated heterocycles. The van der Waals surface area contributed by atoms with Gasteiger partial charge in [-0.15, -0.1) is 0 Å². The molecule has 0 aromatic heterocycles. The predicted molar refractivity (Wildman–Crippen MR) is 100 cm³/mol. The average molecular weight is 406 g/mol. The number of unbranched alkanes of at least 4 members (excludes halogenated alkanes) is 6. The number of carboxylic acid groups (broad SMARTS) is 2. The molecule has 0 heterocycles. The Morgan fingerprint density at radius 3 is 1.24 bits per heavy atom. The third-order valence-electron chi connectivity index (χ3n) is 3.33. The maximum Gasteiger partial charge on any atom is 0.303 e. The van der Waals surface area contributed by atoms with Crippen molar-refractivity contribution in [1.82, 2.24) is 0 Å². The number of carbonyl (C=O) groups is 2. The number of rotatable bonds is 14. The fourth-order valence-corrected chi connectivity index (χ4v) is 1.91. The van der Waals surface area contributed by atoms with E-state index in [-0.39, 0.29) is 32.3 Å². The molecule has 0 saturated carbocycles. The van der Waals surface area contributed by atoms with Crippen LogP contribution in [0.5, 0.6) is 0 Å². The molecule has 0 aliphatic rings. The molecular weight excluding hydrogens is 370 g/mol. The first kappa shape index (κ1) is 28.8. The number of carboxylic acids is 2. The number of aliphatic carboxylic acids is 2.